The van der Waals surface area contributed by atoms with Crippen LogP contribution in [0.15, 0.2) is 72.8 Å². The number of sulfonamides is 1. The van der Waals surface area contributed by atoms with Crippen molar-refractivity contribution < 1.29 is 8.42 Å². The summed E-state index contributed by atoms with van der Waals surface area (Å²) < 4.78 is 26.1. The van der Waals surface area contributed by atoms with Crippen LogP contribution in [0.3, 0.4) is 0 Å². The number of rotatable bonds is 7. The summed E-state index contributed by atoms with van der Waals surface area (Å²) in [5.41, 5.74) is 10.8. The maximum atomic E-state index is 13.0. The van der Waals surface area contributed by atoms with E-state index in [-0.39, 0.29) is 11.8 Å². The van der Waals surface area contributed by atoms with Gasteiger partial charge in [-0.2, -0.15) is 4.98 Å². The Kier molecular flexibility index (Phi) is 6.38. The number of nitrogens with one attached hydrogen (secondary N) is 1. The lowest BCUT2D eigenvalue weighted by atomic mass is 10.0. The van der Waals surface area contributed by atoms with E-state index in [0.29, 0.717) is 24.0 Å². The molecule has 3 aromatic carbocycles. The molecule has 0 amide bonds. The first-order chi connectivity index (χ1) is 18.4. The molecule has 9 nitrogen and oxygen atoms in total. The van der Waals surface area contributed by atoms with E-state index in [9.17, 15) is 8.42 Å². The van der Waals surface area contributed by atoms with Crippen molar-refractivity contribution in [3.05, 3.63) is 72.8 Å². The van der Waals surface area contributed by atoms with Gasteiger partial charge in [-0.15, -0.1) is 4.83 Å². The Hall–Kier alpha value is -3.73. The Morgan fingerprint density at radius 1 is 0.895 bits per heavy atom. The van der Waals surface area contributed by atoms with Gasteiger partial charge in [-0.1, -0.05) is 42.5 Å². The highest BCUT2D eigenvalue weighted by Gasteiger charge is 2.37. The summed E-state index contributed by atoms with van der Waals surface area (Å²) in [5, 5.41) is 1.77. The monoisotopic (exact) mass is 529 g/mol. The van der Waals surface area contributed by atoms with Gasteiger partial charge >= 0.3 is 0 Å². The summed E-state index contributed by atoms with van der Waals surface area (Å²) in [5.74, 6) is 0.464. The summed E-state index contributed by atoms with van der Waals surface area (Å²) in [7, 11) is -1.47. The minimum absolute atomic E-state index is 0.178. The predicted octanol–water partition coefficient (Wildman–Crippen LogP) is 3.77. The molecule has 6 rings (SSSR count). The zero-order chi connectivity index (χ0) is 26.3. The van der Waals surface area contributed by atoms with Crippen LogP contribution in [0.1, 0.15) is 12.8 Å². The van der Waals surface area contributed by atoms with Crippen LogP contribution in [-0.4, -0.2) is 61.8 Å². The molecule has 1 aromatic heterocycles. The van der Waals surface area contributed by atoms with E-state index in [4.69, 9.17) is 10.7 Å². The molecule has 3 N–H and O–H groups in total. The van der Waals surface area contributed by atoms with Gasteiger partial charge in [0.1, 0.15) is 5.82 Å². The van der Waals surface area contributed by atoms with Crippen molar-refractivity contribution in [2.45, 2.75) is 18.1 Å². The number of nitrogens with two attached hydrogens (primary N) is 1. The number of aromatic nitrogens is 2. The Balaban J connectivity index is 1.40. The third-order valence-corrected chi connectivity index (χ3v) is 8.97. The van der Waals surface area contributed by atoms with Crippen molar-refractivity contribution in [3.8, 4) is 11.1 Å². The van der Waals surface area contributed by atoms with Crippen LogP contribution in [0.2, 0.25) is 0 Å². The molecule has 2 fully saturated rings. The van der Waals surface area contributed by atoms with Crippen molar-refractivity contribution in [2.75, 3.05) is 48.9 Å². The number of likely N-dealkylation sites (N-methyl/N-ethyl adjacent to an activating group) is 1. The van der Waals surface area contributed by atoms with Gasteiger partial charge in [-0.05, 0) is 61.3 Å². The van der Waals surface area contributed by atoms with Crippen molar-refractivity contribution in [3.63, 3.8) is 0 Å². The molecule has 0 bridgehead atoms. The van der Waals surface area contributed by atoms with Crippen LogP contribution in [0.4, 0.5) is 23.1 Å². The van der Waals surface area contributed by atoms with Crippen LogP contribution in [0, 0.1) is 0 Å². The normalized spacial score (nSPS) is 16.6. The molecular weight excluding hydrogens is 498 g/mol. The number of benzene rings is 3. The van der Waals surface area contributed by atoms with Crippen LogP contribution in [0.5, 0.6) is 0 Å². The van der Waals surface area contributed by atoms with E-state index in [0.717, 1.165) is 48.4 Å². The Morgan fingerprint density at radius 3 is 2.29 bits per heavy atom. The van der Waals surface area contributed by atoms with Crippen LogP contribution in [0.25, 0.3) is 22.0 Å². The number of hydrazine groups is 1. The Morgan fingerprint density at radius 2 is 1.61 bits per heavy atom. The van der Waals surface area contributed by atoms with E-state index in [1.165, 1.54) is 5.01 Å². The minimum atomic E-state index is -3.60. The largest absolute Gasteiger partial charge is 0.383 e. The van der Waals surface area contributed by atoms with Gasteiger partial charge in [-0.3, -0.25) is 0 Å². The minimum Gasteiger partial charge on any atom is -0.383 e. The number of nitrogens with zero attached hydrogens (tertiary/aromatic N) is 5. The van der Waals surface area contributed by atoms with E-state index >= 15 is 0 Å². The van der Waals surface area contributed by atoms with Gasteiger partial charge in [0.25, 0.3) is 0 Å². The van der Waals surface area contributed by atoms with E-state index in [2.05, 4.69) is 26.7 Å². The topological polar surface area (TPSA) is 108 Å². The summed E-state index contributed by atoms with van der Waals surface area (Å²) in [6, 6.07) is 23.5. The Bertz CT molecular complexity index is 1550. The highest BCUT2D eigenvalue weighted by atomic mass is 32.2. The fraction of sp³-hybridized carbons (Fsp3) is 0.286. The van der Waals surface area contributed by atoms with Gasteiger partial charge in [0.2, 0.25) is 16.0 Å². The van der Waals surface area contributed by atoms with Crippen LogP contribution >= 0.6 is 0 Å². The molecule has 38 heavy (non-hydrogen) atoms. The molecule has 1 saturated heterocycles. The standard InChI is InChI=1S/C28H31N7O2S/c1-33-16-18-34(19-17-33)21-10-12-22(13-11-21)35(32-38(36,37)23-14-15-23)28-30-25-9-5-8-24(26(25)27(29)31-28)20-6-3-2-4-7-20/h2-13,23,32H,14-19H2,1H3,(H2,29,30,31). The van der Waals surface area contributed by atoms with Gasteiger partial charge < -0.3 is 15.5 Å². The molecule has 4 aromatic rings. The number of anilines is 4. The zero-order valence-electron chi connectivity index (χ0n) is 21.3. The van der Waals surface area contributed by atoms with Gasteiger partial charge in [-0.25, -0.2) is 18.4 Å². The maximum Gasteiger partial charge on any atom is 0.248 e. The maximum absolute atomic E-state index is 13.0. The molecule has 2 aliphatic rings. The summed E-state index contributed by atoms with van der Waals surface area (Å²) in [6.07, 6.45) is 1.29. The molecule has 2 heterocycles. The average molecular weight is 530 g/mol. The number of nitrogen functional groups attached to an aromatic ring is 1. The van der Waals surface area contributed by atoms with Gasteiger partial charge in [0.15, 0.2) is 0 Å². The predicted molar refractivity (Wildman–Crippen MR) is 153 cm³/mol. The first kappa shape index (κ1) is 24.6. The van der Waals surface area contributed by atoms with Crippen molar-refractivity contribution in [2.24, 2.45) is 0 Å². The molecule has 1 aliphatic carbocycles. The fourth-order valence-corrected chi connectivity index (χ4v) is 6.17. The molecule has 0 unspecified atom stereocenters. The number of hydrogen-bond acceptors (Lipinski definition) is 8. The van der Waals surface area contributed by atoms with Crippen molar-refractivity contribution in [1.29, 1.82) is 0 Å². The second-order valence-corrected chi connectivity index (χ2v) is 11.9. The number of piperazine rings is 1. The summed E-state index contributed by atoms with van der Waals surface area (Å²) in [6.45, 7) is 3.90. The molecule has 0 atom stereocenters. The van der Waals surface area contributed by atoms with Crippen LogP contribution < -0.4 is 20.5 Å². The summed E-state index contributed by atoms with van der Waals surface area (Å²) >= 11 is 0. The van der Waals surface area contributed by atoms with Crippen molar-refractivity contribution in [1.82, 2.24) is 19.7 Å². The molecule has 1 aliphatic heterocycles. The highest BCUT2D eigenvalue weighted by Crippen LogP contribution is 2.35. The van der Waals surface area contributed by atoms with E-state index in [1.54, 1.807) is 0 Å². The first-order valence-corrected chi connectivity index (χ1v) is 14.4. The Labute approximate surface area is 222 Å². The second kappa shape index (κ2) is 9.86. The van der Waals surface area contributed by atoms with Gasteiger partial charge in [0.05, 0.1) is 21.8 Å². The molecule has 1 saturated carbocycles. The molecular formula is C28H31N7O2S. The lowest BCUT2D eigenvalue weighted by molar-refractivity contribution is 0.313. The lowest BCUT2D eigenvalue weighted by Crippen LogP contribution is -2.44. The number of fused-ring (bicyclic) bond motifs is 1. The first-order valence-electron chi connectivity index (χ1n) is 12.9. The third-order valence-electron chi connectivity index (χ3n) is 7.18. The summed E-state index contributed by atoms with van der Waals surface area (Å²) in [4.78, 5) is 16.8. The van der Waals surface area contributed by atoms with Crippen LogP contribution in [-0.2, 0) is 10.0 Å². The van der Waals surface area contributed by atoms with E-state index < -0.39 is 15.3 Å². The lowest BCUT2D eigenvalue weighted by Gasteiger charge is -2.34. The zero-order valence-corrected chi connectivity index (χ0v) is 22.1. The molecule has 10 heteroatoms. The molecule has 0 radical (unpaired) electrons. The van der Waals surface area contributed by atoms with Crippen molar-refractivity contribution >= 4 is 44.1 Å². The van der Waals surface area contributed by atoms with E-state index in [1.807, 2.05) is 72.8 Å². The average Bonchev–Trinajstić information content (AvgIpc) is 3.79. The highest BCUT2D eigenvalue weighted by molar-refractivity contribution is 7.90. The fourth-order valence-electron chi connectivity index (χ4n) is 4.82. The second-order valence-electron chi connectivity index (χ2n) is 9.95. The van der Waals surface area contributed by atoms with Gasteiger partial charge in [0, 0.05) is 31.9 Å². The number of hydrogen-bond donors (Lipinski definition) is 2. The third kappa shape index (κ3) is 4.90. The SMILES string of the molecule is CN1CCN(c2ccc(N(NS(=O)(=O)C3CC3)c3nc(N)c4c(-c5ccccc5)cccc4n3)cc2)CC1. The quantitative estimate of drug-likeness (QED) is 0.349. The molecule has 196 valence electrons. The smallest absolute Gasteiger partial charge is 0.248 e. The molecule has 0 spiro atoms.